The third-order valence-electron chi connectivity index (χ3n) is 6.11. The van der Waals surface area contributed by atoms with Crippen LogP contribution >= 0.6 is 23.1 Å². The van der Waals surface area contributed by atoms with Crippen molar-refractivity contribution in [3.05, 3.63) is 50.6 Å². The average molecular weight is 456 g/mol. The van der Waals surface area contributed by atoms with Crippen LogP contribution in [-0.2, 0) is 35.3 Å². The van der Waals surface area contributed by atoms with Gasteiger partial charge in [0.15, 0.2) is 5.16 Å². The van der Waals surface area contributed by atoms with E-state index < -0.39 is 0 Å². The fraction of sp³-hybridized carbons (Fsp3) is 0.435. The lowest BCUT2D eigenvalue weighted by Gasteiger charge is -2.22. The highest BCUT2D eigenvalue weighted by Gasteiger charge is 2.31. The maximum atomic E-state index is 13.4. The minimum Gasteiger partial charge on any atom is -0.383 e. The van der Waals surface area contributed by atoms with E-state index in [-0.39, 0.29) is 23.3 Å². The number of carbonyl (C=O) groups excluding carboxylic acids is 1. The Morgan fingerprint density at radius 3 is 3.00 bits per heavy atom. The first-order valence-corrected chi connectivity index (χ1v) is 12.5. The van der Waals surface area contributed by atoms with Crippen molar-refractivity contribution in [1.29, 1.82) is 0 Å². The number of aryl methyl sites for hydroxylation is 2. The van der Waals surface area contributed by atoms with Gasteiger partial charge in [-0.1, -0.05) is 30.0 Å². The van der Waals surface area contributed by atoms with Gasteiger partial charge in [-0.05, 0) is 49.8 Å². The van der Waals surface area contributed by atoms with Crippen molar-refractivity contribution >= 4 is 44.9 Å². The Bertz CT molecular complexity index is 1220. The van der Waals surface area contributed by atoms with Crippen LogP contribution < -0.4 is 10.5 Å². The molecule has 1 atom stereocenters. The van der Waals surface area contributed by atoms with Crippen LogP contribution in [0.15, 0.2) is 34.2 Å². The second-order valence-corrected chi connectivity index (χ2v) is 10.1. The predicted octanol–water partition coefficient (Wildman–Crippen LogP) is 3.66. The molecule has 0 saturated carbocycles. The highest BCUT2D eigenvalue weighted by Crippen LogP contribution is 2.36. The van der Waals surface area contributed by atoms with Crippen LogP contribution in [0.25, 0.3) is 10.2 Å². The van der Waals surface area contributed by atoms with Gasteiger partial charge in [0.05, 0.1) is 24.3 Å². The molecule has 0 fully saturated rings. The molecule has 1 aromatic carbocycles. The number of amides is 1. The molecular formula is C23H25N3O3S2. The summed E-state index contributed by atoms with van der Waals surface area (Å²) < 4.78 is 6.92. The number of ether oxygens (including phenoxy) is 1. The van der Waals surface area contributed by atoms with Gasteiger partial charge in [0.25, 0.3) is 5.56 Å². The van der Waals surface area contributed by atoms with Crippen LogP contribution in [0.4, 0.5) is 5.69 Å². The zero-order valence-electron chi connectivity index (χ0n) is 17.7. The SMILES string of the molecule is COCCn1c(SCC(=O)N2c3ccccc3C[C@H]2C)nc2sc3c(c2c1=O)CCC3. The molecule has 0 spiro atoms. The molecule has 3 aromatic rings. The Morgan fingerprint density at radius 1 is 1.32 bits per heavy atom. The topological polar surface area (TPSA) is 64.4 Å². The molecule has 0 radical (unpaired) electrons. The molecule has 0 bridgehead atoms. The molecule has 0 N–H and O–H groups in total. The van der Waals surface area contributed by atoms with Gasteiger partial charge >= 0.3 is 0 Å². The van der Waals surface area contributed by atoms with E-state index in [0.717, 1.165) is 41.6 Å². The Kier molecular flexibility index (Phi) is 5.62. The molecule has 1 aliphatic carbocycles. The van der Waals surface area contributed by atoms with Gasteiger partial charge in [-0.2, -0.15) is 0 Å². The molecule has 31 heavy (non-hydrogen) atoms. The van der Waals surface area contributed by atoms with E-state index >= 15 is 0 Å². The molecule has 2 aliphatic rings. The first kappa shape index (κ1) is 20.7. The first-order valence-electron chi connectivity index (χ1n) is 10.6. The van der Waals surface area contributed by atoms with Gasteiger partial charge in [-0.3, -0.25) is 14.2 Å². The standard InChI is InChI=1S/C23H25N3O3S2/c1-14-12-15-6-3-4-8-17(15)26(14)19(27)13-30-23-24-21-20(16-7-5-9-18(16)31-21)22(28)25(23)10-11-29-2/h3-4,6,8,14H,5,7,9-13H2,1-2H3/t14-/m1/s1. The highest BCUT2D eigenvalue weighted by molar-refractivity contribution is 7.99. The number of para-hydroxylation sites is 1. The maximum Gasteiger partial charge on any atom is 0.263 e. The summed E-state index contributed by atoms with van der Waals surface area (Å²) in [5.74, 6) is 0.290. The number of anilines is 1. The summed E-state index contributed by atoms with van der Waals surface area (Å²) in [5.41, 5.74) is 3.38. The molecule has 6 nitrogen and oxygen atoms in total. The Morgan fingerprint density at radius 2 is 2.16 bits per heavy atom. The van der Waals surface area contributed by atoms with Crippen molar-refractivity contribution in [2.24, 2.45) is 0 Å². The molecule has 0 saturated heterocycles. The smallest absolute Gasteiger partial charge is 0.263 e. The van der Waals surface area contributed by atoms with Crippen LogP contribution in [0.3, 0.4) is 0 Å². The van der Waals surface area contributed by atoms with Crippen molar-refractivity contribution in [1.82, 2.24) is 9.55 Å². The average Bonchev–Trinajstić information content (AvgIpc) is 3.43. The molecule has 0 unspecified atom stereocenters. The molecule has 1 amide bonds. The van der Waals surface area contributed by atoms with Crippen molar-refractivity contribution in [3.8, 4) is 0 Å². The van der Waals surface area contributed by atoms with Crippen LogP contribution in [0.5, 0.6) is 0 Å². The van der Waals surface area contributed by atoms with E-state index in [2.05, 4.69) is 13.0 Å². The van der Waals surface area contributed by atoms with Gasteiger partial charge in [0.1, 0.15) is 4.83 Å². The number of thioether (sulfide) groups is 1. The van der Waals surface area contributed by atoms with Crippen LogP contribution in [0.2, 0.25) is 0 Å². The number of benzene rings is 1. The molecule has 3 heterocycles. The zero-order valence-corrected chi connectivity index (χ0v) is 19.4. The van der Waals surface area contributed by atoms with Gasteiger partial charge in [0.2, 0.25) is 5.91 Å². The van der Waals surface area contributed by atoms with E-state index in [4.69, 9.17) is 9.72 Å². The molecule has 162 valence electrons. The quantitative estimate of drug-likeness (QED) is 0.419. The summed E-state index contributed by atoms with van der Waals surface area (Å²) in [4.78, 5) is 35.3. The molecule has 5 rings (SSSR count). The normalized spacial score (nSPS) is 17.4. The molecule has 2 aromatic heterocycles. The van der Waals surface area contributed by atoms with Crippen LogP contribution in [0.1, 0.15) is 29.3 Å². The van der Waals surface area contributed by atoms with Gasteiger partial charge in [-0.25, -0.2) is 4.98 Å². The van der Waals surface area contributed by atoms with E-state index in [9.17, 15) is 9.59 Å². The largest absolute Gasteiger partial charge is 0.383 e. The van der Waals surface area contributed by atoms with Crippen LogP contribution in [0, 0.1) is 0 Å². The third kappa shape index (κ3) is 3.60. The van der Waals surface area contributed by atoms with Crippen molar-refractivity contribution < 1.29 is 9.53 Å². The first-order chi connectivity index (χ1) is 15.1. The molecule has 8 heteroatoms. The van der Waals surface area contributed by atoms with E-state index in [0.29, 0.717) is 18.3 Å². The minimum atomic E-state index is -0.00344. The van der Waals surface area contributed by atoms with Gasteiger partial charge in [-0.15, -0.1) is 11.3 Å². The summed E-state index contributed by atoms with van der Waals surface area (Å²) >= 11 is 2.98. The number of fused-ring (bicyclic) bond motifs is 4. The number of hydrogen-bond acceptors (Lipinski definition) is 6. The fourth-order valence-electron chi connectivity index (χ4n) is 4.69. The Labute approximate surface area is 189 Å². The number of nitrogens with zero attached hydrogens (tertiary/aromatic N) is 3. The summed E-state index contributed by atoms with van der Waals surface area (Å²) in [7, 11) is 1.63. The molecule has 1 aliphatic heterocycles. The maximum absolute atomic E-state index is 13.4. The van der Waals surface area contributed by atoms with Crippen molar-refractivity contribution in [3.63, 3.8) is 0 Å². The lowest BCUT2D eigenvalue weighted by molar-refractivity contribution is -0.116. The lowest BCUT2D eigenvalue weighted by atomic mass is 10.1. The predicted molar refractivity (Wildman–Crippen MR) is 126 cm³/mol. The zero-order chi connectivity index (χ0) is 21.5. The number of rotatable bonds is 6. The third-order valence-corrected chi connectivity index (χ3v) is 8.26. The Balaban J connectivity index is 1.45. The number of thiophene rings is 1. The van der Waals surface area contributed by atoms with E-state index in [1.807, 2.05) is 23.1 Å². The molecular weight excluding hydrogens is 430 g/mol. The summed E-state index contributed by atoms with van der Waals surface area (Å²) in [5, 5.41) is 1.37. The highest BCUT2D eigenvalue weighted by atomic mass is 32.2. The van der Waals surface area contributed by atoms with Gasteiger partial charge in [0, 0.05) is 23.7 Å². The second kappa shape index (κ2) is 8.41. The second-order valence-electron chi connectivity index (χ2n) is 8.12. The minimum absolute atomic E-state index is 0.00344. The van der Waals surface area contributed by atoms with Crippen molar-refractivity contribution in [2.45, 2.75) is 50.4 Å². The Hall–Kier alpha value is -2.16. The number of aromatic nitrogens is 2. The fourth-order valence-corrected chi connectivity index (χ4v) is 6.88. The van der Waals surface area contributed by atoms with Crippen LogP contribution in [-0.4, -0.2) is 41.0 Å². The number of hydrogen-bond donors (Lipinski definition) is 0. The lowest BCUT2D eigenvalue weighted by Crippen LogP contribution is -2.37. The number of carbonyl (C=O) groups is 1. The number of methoxy groups -OCH3 is 1. The van der Waals surface area contributed by atoms with Gasteiger partial charge < -0.3 is 9.64 Å². The van der Waals surface area contributed by atoms with E-state index in [1.165, 1.54) is 27.8 Å². The summed E-state index contributed by atoms with van der Waals surface area (Å²) in [6, 6.07) is 8.21. The summed E-state index contributed by atoms with van der Waals surface area (Å²) in [6.45, 7) is 2.94. The monoisotopic (exact) mass is 455 g/mol. The summed E-state index contributed by atoms with van der Waals surface area (Å²) in [6.07, 6.45) is 3.96. The van der Waals surface area contributed by atoms with Crippen molar-refractivity contribution in [2.75, 3.05) is 24.4 Å². The van der Waals surface area contributed by atoms with E-state index in [1.54, 1.807) is 23.0 Å².